The predicted molar refractivity (Wildman–Crippen MR) is 165 cm³/mol. The highest BCUT2D eigenvalue weighted by Gasteiger charge is 2.61. The zero-order chi connectivity index (χ0) is 33.4. The van der Waals surface area contributed by atoms with Gasteiger partial charge in [-0.05, 0) is 48.4 Å². The largest absolute Gasteiger partial charge is 0.352 e. The van der Waals surface area contributed by atoms with Crippen LogP contribution in [0.3, 0.4) is 0 Å². The van der Waals surface area contributed by atoms with Crippen molar-refractivity contribution in [1.82, 2.24) is 14.6 Å². The summed E-state index contributed by atoms with van der Waals surface area (Å²) in [5.74, 6) is -6.92. The summed E-state index contributed by atoms with van der Waals surface area (Å²) in [6.45, 7) is 0. The van der Waals surface area contributed by atoms with Crippen LogP contribution < -0.4 is 15.5 Å². The van der Waals surface area contributed by atoms with Crippen LogP contribution in [0.2, 0.25) is 5.02 Å². The van der Waals surface area contributed by atoms with Gasteiger partial charge < -0.3 is 10.6 Å². The van der Waals surface area contributed by atoms with Crippen molar-refractivity contribution in [3.05, 3.63) is 83.0 Å². The lowest BCUT2D eigenvalue weighted by atomic mass is 9.74. The Hall–Kier alpha value is -4.45. The van der Waals surface area contributed by atoms with Crippen LogP contribution in [-0.2, 0) is 24.4 Å². The van der Waals surface area contributed by atoms with Crippen LogP contribution in [0.1, 0.15) is 42.7 Å². The summed E-state index contributed by atoms with van der Waals surface area (Å²) in [5, 5.41) is 14.9. The van der Waals surface area contributed by atoms with Gasteiger partial charge in [-0.25, -0.2) is 26.5 Å². The van der Waals surface area contributed by atoms with Gasteiger partial charge >= 0.3 is 0 Å². The topological polar surface area (TPSA) is 153 Å². The molecule has 1 saturated carbocycles. The molecular formula is C31H29ClF2N6O5S. The van der Waals surface area contributed by atoms with E-state index < -0.39 is 64.0 Å². The van der Waals surface area contributed by atoms with Gasteiger partial charge in [0.1, 0.15) is 11.4 Å². The highest BCUT2D eigenvalue weighted by molar-refractivity contribution is 7.89. The third-order valence-electron chi connectivity index (χ3n) is 8.13. The average molecular weight is 671 g/mol. The molecule has 1 saturated heterocycles. The molecule has 0 bridgehead atoms. The summed E-state index contributed by atoms with van der Waals surface area (Å²) < 4.78 is 54.2. The Morgan fingerprint density at radius 3 is 2.50 bits per heavy atom. The first-order valence-corrected chi connectivity index (χ1v) is 16.0. The number of hydrogen-bond acceptors (Lipinski definition) is 7. The summed E-state index contributed by atoms with van der Waals surface area (Å²) >= 11 is 6.61. The van der Waals surface area contributed by atoms with Crippen LogP contribution in [0, 0.1) is 11.3 Å². The molecule has 11 nitrogen and oxygen atoms in total. The second-order valence-corrected chi connectivity index (χ2v) is 13.9. The van der Waals surface area contributed by atoms with E-state index in [0.717, 1.165) is 9.21 Å². The minimum absolute atomic E-state index is 0.0438. The van der Waals surface area contributed by atoms with Crippen LogP contribution in [0.5, 0.6) is 0 Å². The van der Waals surface area contributed by atoms with E-state index in [0.29, 0.717) is 0 Å². The SMILES string of the molecule is CN(C)S(=O)(=O)c1cccc(NC(=O)C2([C@@H](C(=O)NC3CC(F)(F)C3)c3ccccc3Cl)CCC(=O)N2c2cc(C#N)ccn2)c1. The van der Waals surface area contributed by atoms with Gasteiger partial charge in [0.15, 0.2) is 0 Å². The number of amides is 3. The number of hydrogen-bond donors (Lipinski definition) is 2. The van der Waals surface area contributed by atoms with E-state index in [-0.39, 0.29) is 45.4 Å². The summed E-state index contributed by atoms with van der Waals surface area (Å²) in [6.07, 6.45) is -0.394. The molecule has 15 heteroatoms. The maximum atomic E-state index is 14.7. The lowest BCUT2D eigenvalue weighted by Gasteiger charge is -2.43. The van der Waals surface area contributed by atoms with Crippen molar-refractivity contribution in [3.8, 4) is 6.07 Å². The molecule has 5 rings (SSSR count). The number of nitrogens with zero attached hydrogens (tertiary/aromatic N) is 4. The fourth-order valence-electron chi connectivity index (χ4n) is 5.86. The van der Waals surface area contributed by atoms with Crippen molar-refractivity contribution in [2.24, 2.45) is 0 Å². The van der Waals surface area contributed by atoms with E-state index in [1.165, 1.54) is 68.8 Å². The van der Waals surface area contributed by atoms with Gasteiger partial charge in [0.2, 0.25) is 21.8 Å². The molecular weight excluding hydrogens is 642 g/mol. The molecule has 46 heavy (non-hydrogen) atoms. The van der Waals surface area contributed by atoms with E-state index in [4.69, 9.17) is 11.6 Å². The first kappa shape index (κ1) is 32.9. The number of rotatable bonds is 9. The van der Waals surface area contributed by atoms with Crippen molar-refractivity contribution < 1.29 is 31.6 Å². The smallest absolute Gasteiger partial charge is 0.252 e. The zero-order valence-electron chi connectivity index (χ0n) is 24.7. The van der Waals surface area contributed by atoms with Crippen LogP contribution in [0.25, 0.3) is 0 Å². The second-order valence-electron chi connectivity index (χ2n) is 11.4. The van der Waals surface area contributed by atoms with Crippen LogP contribution in [0.15, 0.2) is 71.8 Å². The van der Waals surface area contributed by atoms with E-state index in [1.54, 1.807) is 12.1 Å². The number of carbonyl (C=O) groups is 3. The molecule has 3 aromatic rings. The molecule has 3 amide bonds. The number of benzene rings is 2. The maximum absolute atomic E-state index is 14.7. The lowest BCUT2D eigenvalue weighted by molar-refractivity contribution is -0.136. The summed E-state index contributed by atoms with van der Waals surface area (Å²) in [5.41, 5.74) is -1.79. The minimum Gasteiger partial charge on any atom is -0.352 e. The molecule has 2 aliphatic rings. The van der Waals surface area contributed by atoms with Crippen LogP contribution in [0.4, 0.5) is 20.3 Å². The number of pyridine rings is 1. The molecule has 0 radical (unpaired) electrons. The van der Waals surface area contributed by atoms with Crippen molar-refractivity contribution in [2.75, 3.05) is 24.3 Å². The zero-order valence-corrected chi connectivity index (χ0v) is 26.3. The third kappa shape index (κ3) is 6.05. The fraction of sp³-hybridized carbons (Fsp3) is 0.323. The Morgan fingerprint density at radius 1 is 1.13 bits per heavy atom. The van der Waals surface area contributed by atoms with Crippen LogP contribution in [-0.4, -0.2) is 67.0 Å². The highest BCUT2D eigenvalue weighted by atomic mass is 35.5. The summed E-state index contributed by atoms with van der Waals surface area (Å²) in [6, 6.07) is 15.4. The minimum atomic E-state index is -3.90. The van der Waals surface area contributed by atoms with E-state index in [1.807, 2.05) is 6.07 Å². The Labute approximate surface area is 269 Å². The molecule has 240 valence electrons. The molecule has 1 unspecified atom stereocenters. The van der Waals surface area contributed by atoms with Crippen LogP contribution >= 0.6 is 11.6 Å². The average Bonchev–Trinajstić information content (AvgIpc) is 3.34. The number of halogens is 3. The van der Waals surface area contributed by atoms with E-state index in [9.17, 15) is 36.8 Å². The van der Waals surface area contributed by atoms with E-state index >= 15 is 0 Å². The predicted octanol–water partition coefficient (Wildman–Crippen LogP) is 4.06. The quantitative estimate of drug-likeness (QED) is 0.348. The molecule has 2 N–H and O–H groups in total. The molecule has 2 aromatic carbocycles. The highest BCUT2D eigenvalue weighted by Crippen LogP contribution is 2.47. The fourth-order valence-corrected chi connectivity index (χ4v) is 7.06. The molecule has 2 atom stereocenters. The van der Waals surface area contributed by atoms with Crippen molar-refractivity contribution >= 4 is 50.9 Å². The normalized spacial score (nSPS) is 20.1. The number of carbonyl (C=O) groups excluding carboxylic acids is 3. The first-order valence-electron chi connectivity index (χ1n) is 14.2. The monoisotopic (exact) mass is 670 g/mol. The molecule has 1 aliphatic heterocycles. The number of alkyl halides is 2. The number of anilines is 2. The molecule has 2 fully saturated rings. The van der Waals surface area contributed by atoms with Crippen molar-refractivity contribution in [1.29, 1.82) is 5.26 Å². The standard InChI is InChI=1S/C31H29ClF2N6O5S/c1-39(2)46(44,45)22-7-5-6-20(15-22)38-29(43)31(12-10-26(41)40(31)25-14-19(18-35)11-13-36-25)27(23-8-3-4-9-24(23)32)28(42)37-21-16-30(33,34)17-21/h3-9,11,13-15,21,27H,10,12,16-17H2,1-2H3,(H,37,42)(H,38,43)/t27-,31?/m1/s1. The first-order chi connectivity index (χ1) is 21.7. The Bertz CT molecular complexity index is 1860. The summed E-state index contributed by atoms with van der Waals surface area (Å²) in [4.78, 5) is 47.8. The molecule has 1 aliphatic carbocycles. The number of nitriles is 1. The Balaban J connectivity index is 1.69. The van der Waals surface area contributed by atoms with Crippen molar-refractivity contribution in [3.63, 3.8) is 0 Å². The van der Waals surface area contributed by atoms with E-state index in [2.05, 4.69) is 15.6 Å². The van der Waals surface area contributed by atoms with Gasteiger partial charge in [-0.15, -0.1) is 0 Å². The Morgan fingerprint density at radius 2 is 1.85 bits per heavy atom. The van der Waals surface area contributed by atoms with Gasteiger partial charge in [0.05, 0.1) is 22.4 Å². The molecule has 2 heterocycles. The van der Waals surface area contributed by atoms with Gasteiger partial charge in [-0.2, -0.15) is 5.26 Å². The second kappa shape index (κ2) is 12.4. The number of sulfonamides is 1. The summed E-state index contributed by atoms with van der Waals surface area (Å²) in [7, 11) is -1.20. The third-order valence-corrected chi connectivity index (χ3v) is 10.3. The maximum Gasteiger partial charge on any atom is 0.252 e. The molecule has 0 spiro atoms. The van der Waals surface area contributed by atoms with Gasteiger partial charge in [0, 0.05) is 56.3 Å². The molecule has 1 aromatic heterocycles. The Kier molecular flexibility index (Phi) is 8.87. The van der Waals surface area contributed by atoms with Crippen molar-refractivity contribution in [2.45, 2.75) is 54.0 Å². The van der Waals surface area contributed by atoms with Gasteiger partial charge in [-0.1, -0.05) is 35.9 Å². The number of aromatic nitrogens is 1. The van der Waals surface area contributed by atoms with Gasteiger partial charge in [0.25, 0.3) is 11.8 Å². The number of nitrogens with one attached hydrogen (secondary N) is 2. The lowest BCUT2D eigenvalue weighted by Crippen LogP contribution is -2.63. The van der Waals surface area contributed by atoms with Gasteiger partial charge in [-0.3, -0.25) is 19.3 Å².